The Kier molecular flexibility index (Phi) is 4.76. The minimum Gasteiger partial charge on any atom is -0.338 e. The Morgan fingerprint density at radius 2 is 1.79 bits per heavy atom. The molecule has 0 saturated carbocycles. The van der Waals surface area contributed by atoms with Gasteiger partial charge in [-0.15, -0.1) is 0 Å². The van der Waals surface area contributed by atoms with Gasteiger partial charge in [-0.2, -0.15) is 5.43 Å². The van der Waals surface area contributed by atoms with Crippen molar-refractivity contribution in [2.24, 2.45) is 0 Å². The number of rotatable bonds is 3. The van der Waals surface area contributed by atoms with Gasteiger partial charge in [-0.3, -0.25) is 0 Å². The smallest absolute Gasteiger partial charge is 0.190 e. The van der Waals surface area contributed by atoms with Crippen molar-refractivity contribution in [3.05, 3.63) is 63.1 Å². The van der Waals surface area contributed by atoms with Gasteiger partial charge < -0.3 is 5.32 Å². The lowest BCUT2D eigenvalue weighted by molar-refractivity contribution is 0.337. The Morgan fingerprint density at radius 3 is 2.42 bits per heavy atom. The first-order valence-electron chi connectivity index (χ1n) is 7.79. The van der Waals surface area contributed by atoms with E-state index in [4.69, 9.17) is 35.4 Å². The van der Waals surface area contributed by atoms with Gasteiger partial charge in [0.05, 0.1) is 15.7 Å². The molecule has 1 fully saturated rings. The fourth-order valence-corrected chi connectivity index (χ4v) is 3.45. The van der Waals surface area contributed by atoms with Gasteiger partial charge in [-0.1, -0.05) is 42.3 Å². The van der Waals surface area contributed by atoms with Crippen LogP contribution in [-0.4, -0.2) is 5.11 Å². The van der Waals surface area contributed by atoms with E-state index in [1.165, 1.54) is 11.1 Å². The first kappa shape index (κ1) is 17.5. The molecule has 3 rings (SSSR count). The van der Waals surface area contributed by atoms with Crippen LogP contribution in [-0.2, 0) is 5.66 Å². The van der Waals surface area contributed by atoms with E-state index in [9.17, 15) is 0 Å². The molecule has 2 N–H and O–H groups in total. The van der Waals surface area contributed by atoms with Crippen molar-refractivity contribution >= 4 is 46.2 Å². The fourth-order valence-electron chi connectivity index (χ4n) is 2.82. The standard InChI is InChI=1S/C18H19Cl2N3S/c1-4-18(13-6-8-15(19)16(20)10-13)21-17(24)23(22-18)14-7-5-11(2)12(3)9-14/h5-10,22H,4H2,1-3H3,(H,21,24)/t18-/m0/s1. The molecule has 0 radical (unpaired) electrons. The second-order valence-electron chi connectivity index (χ2n) is 6.03. The lowest BCUT2D eigenvalue weighted by Gasteiger charge is -2.29. The highest BCUT2D eigenvalue weighted by Gasteiger charge is 2.41. The molecule has 0 spiro atoms. The van der Waals surface area contributed by atoms with Crippen LogP contribution in [0.1, 0.15) is 30.0 Å². The van der Waals surface area contributed by atoms with Crippen LogP contribution in [0.15, 0.2) is 36.4 Å². The predicted molar refractivity (Wildman–Crippen MR) is 106 cm³/mol. The van der Waals surface area contributed by atoms with Crippen LogP contribution < -0.4 is 15.8 Å². The fraction of sp³-hybridized carbons (Fsp3) is 0.278. The van der Waals surface area contributed by atoms with E-state index in [0.29, 0.717) is 15.2 Å². The van der Waals surface area contributed by atoms with Crippen LogP contribution in [0.5, 0.6) is 0 Å². The molecule has 1 atom stereocenters. The number of hydrazine groups is 1. The summed E-state index contributed by atoms with van der Waals surface area (Å²) in [6.45, 7) is 6.28. The molecule has 0 aliphatic carbocycles. The van der Waals surface area contributed by atoms with Crippen molar-refractivity contribution in [1.29, 1.82) is 0 Å². The molecule has 1 aliphatic rings. The van der Waals surface area contributed by atoms with Crippen molar-refractivity contribution in [2.45, 2.75) is 32.9 Å². The zero-order valence-electron chi connectivity index (χ0n) is 13.8. The summed E-state index contributed by atoms with van der Waals surface area (Å²) in [5, 5.41) is 7.02. The van der Waals surface area contributed by atoms with Gasteiger partial charge in [-0.05, 0) is 73.4 Å². The Morgan fingerprint density at radius 1 is 1.04 bits per heavy atom. The second-order valence-corrected chi connectivity index (χ2v) is 7.23. The summed E-state index contributed by atoms with van der Waals surface area (Å²) in [5.74, 6) is 0. The molecular weight excluding hydrogens is 361 g/mol. The normalized spacial score (nSPS) is 20.4. The van der Waals surface area contributed by atoms with Gasteiger partial charge >= 0.3 is 0 Å². The van der Waals surface area contributed by atoms with Crippen LogP contribution in [0.2, 0.25) is 10.0 Å². The van der Waals surface area contributed by atoms with Gasteiger partial charge in [0.15, 0.2) is 5.11 Å². The summed E-state index contributed by atoms with van der Waals surface area (Å²) >= 11 is 17.8. The van der Waals surface area contributed by atoms with Crippen LogP contribution in [0.25, 0.3) is 0 Å². The Hall–Kier alpha value is -1.33. The topological polar surface area (TPSA) is 27.3 Å². The van der Waals surface area contributed by atoms with Gasteiger partial charge in [0.25, 0.3) is 0 Å². The van der Waals surface area contributed by atoms with Crippen LogP contribution in [0.3, 0.4) is 0 Å². The summed E-state index contributed by atoms with van der Waals surface area (Å²) in [4.78, 5) is 0. The van der Waals surface area contributed by atoms with Crippen molar-refractivity contribution in [3.8, 4) is 0 Å². The molecule has 2 aromatic carbocycles. The molecule has 0 unspecified atom stereocenters. The van der Waals surface area contributed by atoms with E-state index in [1.54, 1.807) is 0 Å². The predicted octanol–water partition coefficient (Wildman–Crippen LogP) is 5.07. The minimum atomic E-state index is -0.510. The van der Waals surface area contributed by atoms with E-state index < -0.39 is 5.66 Å². The average molecular weight is 380 g/mol. The third kappa shape index (κ3) is 3.00. The number of nitrogens with zero attached hydrogens (tertiary/aromatic N) is 1. The Labute approximate surface area is 157 Å². The summed E-state index contributed by atoms with van der Waals surface area (Å²) in [5.41, 5.74) is 7.47. The van der Waals surface area contributed by atoms with Crippen molar-refractivity contribution in [1.82, 2.24) is 10.7 Å². The summed E-state index contributed by atoms with van der Waals surface area (Å²) in [6.07, 6.45) is 0.784. The molecule has 0 bridgehead atoms. The molecule has 126 valence electrons. The van der Waals surface area contributed by atoms with Gasteiger partial charge in [0, 0.05) is 0 Å². The van der Waals surface area contributed by atoms with Crippen molar-refractivity contribution in [3.63, 3.8) is 0 Å². The summed E-state index contributed by atoms with van der Waals surface area (Å²) in [7, 11) is 0. The quantitative estimate of drug-likeness (QED) is 0.727. The monoisotopic (exact) mass is 379 g/mol. The summed E-state index contributed by atoms with van der Waals surface area (Å²) in [6, 6.07) is 11.9. The molecule has 1 saturated heterocycles. The third-order valence-electron chi connectivity index (χ3n) is 4.52. The molecule has 0 amide bonds. The maximum absolute atomic E-state index is 6.21. The number of benzene rings is 2. The number of nitrogens with one attached hydrogen (secondary N) is 2. The lowest BCUT2D eigenvalue weighted by Crippen LogP contribution is -2.48. The highest BCUT2D eigenvalue weighted by Crippen LogP contribution is 2.33. The molecule has 1 aliphatic heterocycles. The van der Waals surface area contributed by atoms with Crippen LogP contribution in [0.4, 0.5) is 5.69 Å². The van der Waals surface area contributed by atoms with E-state index in [2.05, 4.69) is 49.7 Å². The maximum Gasteiger partial charge on any atom is 0.190 e. The first-order valence-corrected chi connectivity index (χ1v) is 8.95. The zero-order chi connectivity index (χ0) is 17.5. The van der Waals surface area contributed by atoms with E-state index in [-0.39, 0.29) is 0 Å². The number of hydrogen-bond acceptors (Lipinski definition) is 2. The number of anilines is 1. The Balaban J connectivity index is 1.98. The molecule has 0 aromatic heterocycles. The minimum absolute atomic E-state index is 0.510. The zero-order valence-corrected chi connectivity index (χ0v) is 16.1. The van der Waals surface area contributed by atoms with Crippen molar-refractivity contribution < 1.29 is 0 Å². The molecule has 1 heterocycles. The molecule has 3 nitrogen and oxygen atoms in total. The molecular formula is C18H19Cl2N3S. The SMILES string of the molecule is CC[C@]1(c2ccc(Cl)c(Cl)c2)NC(=S)N(c2ccc(C)c(C)c2)N1. The molecule has 24 heavy (non-hydrogen) atoms. The van der Waals surface area contributed by atoms with Crippen molar-refractivity contribution in [2.75, 3.05) is 5.01 Å². The van der Waals surface area contributed by atoms with E-state index in [0.717, 1.165) is 17.7 Å². The summed E-state index contributed by atoms with van der Waals surface area (Å²) < 4.78 is 0. The van der Waals surface area contributed by atoms with Gasteiger partial charge in [0.1, 0.15) is 5.66 Å². The average Bonchev–Trinajstić information content (AvgIpc) is 2.91. The Bertz CT molecular complexity index is 809. The first-order chi connectivity index (χ1) is 11.4. The highest BCUT2D eigenvalue weighted by molar-refractivity contribution is 7.80. The largest absolute Gasteiger partial charge is 0.338 e. The van der Waals surface area contributed by atoms with E-state index >= 15 is 0 Å². The number of aryl methyl sites for hydroxylation is 2. The van der Waals surface area contributed by atoms with Crippen LogP contribution in [0, 0.1) is 13.8 Å². The number of hydrogen-bond donors (Lipinski definition) is 2. The highest BCUT2D eigenvalue weighted by atomic mass is 35.5. The maximum atomic E-state index is 6.21. The van der Waals surface area contributed by atoms with Gasteiger partial charge in [0.2, 0.25) is 0 Å². The lowest BCUT2D eigenvalue weighted by atomic mass is 9.98. The number of halogens is 2. The third-order valence-corrected chi connectivity index (χ3v) is 5.54. The molecule has 2 aromatic rings. The molecule has 6 heteroatoms. The second kappa shape index (κ2) is 6.52. The van der Waals surface area contributed by atoms with Crippen LogP contribution >= 0.6 is 35.4 Å². The number of thiocarbonyl (C=S) groups is 1. The van der Waals surface area contributed by atoms with Gasteiger partial charge in [-0.25, -0.2) is 5.01 Å². The van der Waals surface area contributed by atoms with E-state index in [1.807, 2.05) is 23.2 Å².